The summed E-state index contributed by atoms with van der Waals surface area (Å²) in [4.78, 5) is 0. The van der Waals surface area contributed by atoms with E-state index < -0.39 is 9.84 Å². The lowest BCUT2D eigenvalue weighted by Gasteiger charge is -2.35. The van der Waals surface area contributed by atoms with E-state index in [2.05, 4.69) is 39.9 Å². The molecule has 0 aromatic carbocycles. The van der Waals surface area contributed by atoms with E-state index in [4.69, 9.17) is 0 Å². The van der Waals surface area contributed by atoms with Crippen molar-refractivity contribution in [1.82, 2.24) is 5.32 Å². The minimum atomic E-state index is -2.93. The first-order valence-electron chi connectivity index (χ1n) is 6.96. The van der Waals surface area contributed by atoms with Crippen LogP contribution < -0.4 is 5.32 Å². The van der Waals surface area contributed by atoms with E-state index in [0.29, 0.717) is 17.7 Å². The molecule has 110 valence electrons. The van der Waals surface area contributed by atoms with Crippen molar-refractivity contribution in [3.63, 3.8) is 0 Å². The normalized spacial score (nSPS) is 16.6. The van der Waals surface area contributed by atoms with Crippen LogP contribution in [0.1, 0.15) is 54.9 Å². The zero-order valence-electron chi connectivity index (χ0n) is 13.1. The first-order valence-corrected chi connectivity index (χ1v) is 8.68. The molecular formula is C14H31NO2S. The third-order valence-corrected chi connectivity index (χ3v) is 6.19. The maximum Gasteiger partial charge on any atom is 0.152 e. The molecule has 18 heavy (non-hydrogen) atoms. The van der Waals surface area contributed by atoms with Gasteiger partial charge in [0.2, 0.25) is 0 Å². The highest BCUT2D eigenvalue weighted by molar-refractivity contribution is 7.91. The highest BCUT2D eigenvalue weighted by Gasteiger charge is 2.30. The van der Waals surface area contributed by atoms with Crippen molar-refractivity contribution >= 4 is 9.84 Å². The molecule has 0 radical (unpaired) electrons. The summed E-state index contributed by atoms with van der Waals surface area (Å²) in [6.07, 6.45) is 0.727. The fraction of sp³-hybridized carbons (Fsp3) is 1.00. The van der Waals surface area contributed by atoms with Crippen LogP contribution in [0.25, 0.3) is 0 Å². The molecule has 0 aromatic heterocycles. The van der Waals surface area contributed by atoms with E-state index in [1.54, 1.807) is 13.8 Å². The molecule has 0 saturated carbocycles. The van der Waals surface area contributed by atoms with E-state index in [9.17, 15) is 8.42 Å². The Morgan fingerprint density at radius 1 is 1.06 bits per heavy atom. The fourth-order valence-corrected chi connectivity index (χ4v) is 2.85. The van der Waals surface area contributed by atoms with Gasteiger partial charge in [-0.25, -0.2) is 8.42 Å². The van der Waals surface area contributed by atoms with Crippen LogP contribution in [0.3, 0.4) is 0 Å². The molecule has 0 saturated heterocycles. The lowest BCUT2D eigenvalue weighted by atomic mass is 9.76. The third-order valence-electron chi connectivity index (χ3n) is 3.98. The molecule has 0 heterocycles. The van der Waals surface area contributed by atoms with E-state index in [-0.39, 0.29) is 10.7 Å². The molecule has 0 fully saturated rings. The van der Waals surface area contributed by atoms with Crippen LogP contribution >= 0.6 is 0 Å². The second-order valence-corrected chi connectivity index (χ2v) is 9.19. The van der Waals surface area contributed by atoms with E-state index in [0.717, 1.165) is 13.0 Å². The average molecular weight is 277 g/mol. The quantitative estimate of drug-likeness (QED) is 0.742. The van der Waals surface area contributed by atoms with E-state index >= 15 is 0 Å². The molecule has 3 nitrogen and oxygen atoms in total. The van der Waals surface area contributed by atoms with Crippen molar-refractivity contribution in [2.75, 3.05) is 12.3 Å². The molecule has 4 heteroatoms. The maximum absolute atomic E-state index is 11.9. The van der Waals surface area contributed by atoms with Crippen LogP contribution in [-0.4, -0.2) is 32.0 Å². The highest BCUT2D eigenvalue weighted by atomic mass is 32.2. The largest absolute Gasteiger partial charge is 0.314 e. The lowest BCUT2D eigenvalue weighted by Crippen LogP contribution is -2.40. The molecule has 0 bridgehead atoms. The van der Waals surface area contributed by atoms with Gasteiger partial charge in [-0.15, -0.1) is 0 Å². The number of rotatable bonds is 8. The molecular weight excluding hydrogens is 246 g/mol. The van der Waals surface area contributed by atoms with Crippen molar-refractivity contribution in [3.05, 3.63) is 0 Å². The molecule has 1 atom stereocenters. The third kappa shape index (κ3) is 5.70. The van der Waals surface area contributed by atoms with Gasteiger partial charge in [-0.2, -0.15) is 0 Å². The zero-order chi connectivity index (χ0) is 14.6. The molecule has 0 aliphatic heterocycles. The summed E-state index contributed by atoms with van der Waals surface area (Å²) in [6, 6.07) is 0.435. The molecule has 0 amide bonds. The number of sulfone groups is 1. The van der Waals surface area contributed by atoms with Crippen LogP contribution in [0.5, 0.6) is 0 Å². The fourth-order valence-electron chi connectivity index (χ4n) is 1.63. The molecule has 1 N–H and O–H groups in total. The first-order chi connectivity index (χ1) is 8.01. The van der Waals surface area contributed by atoms with Gasteiger partial charge in [0.05, 0.1) is 11.0 Å². The van der Waals surface area contributed by atoms with Gasteiger partial charge in [-0.1, -0.05) is 34.6 Å². The Hall–Kier alpha value is -0.0900. The summed E-state index contributed by atoms with van der Waals surface area (Å²) >= 11 is 0. The molecule has 0 aromatic rings. The summed E-state index contributed by atoms with van der Waals surface area (Å²) < 4.78 is 23.8. The van der Waals surface area contributed by atoms with Crippen LogP contribution in [0.2, 0.25) is 0 Å². The molecule has 0 spiro atoms. The average Bonchev–Trinajstić information content (AvgIpc) is 2.23. The van der Waals surface area contributed by atoms with Gasteiger partial charge < -0.3 is 5.32 Å². The Morgan fingerprint density at radius 3 is 1.89 bits per heavy atom. The minimum Gasteiger partial charge on any atom is -0.314 e. The Morgan fingerprint density at radius 2 is 1.56 bits per heavy atom. The molecule has 0 aliphatic rings. The summed E-state index contributed by atoms with van der Waals surface area (Å²) in [5.74, 6) is 0.755. The van der Waals surface area contributed by atoms with E-state index in [1.165, 1.54) is 0 Å². The van der Waals surface area contributed by atoms with E-state index in [1.807, 2.05) is 0 Å². The summed E-state index contributed by atoms with van der Waals surface area (Å²) in [6.45, 7) is 15.1. The second kappa shape index (κ2) is 6.90. The first kappa shape index (κ1) is 17.9. The minimum absolute atomic E-state index is 0.0340. The Labute approximate surface area is 114 Å². The highest BCUT2D eigenvalue weighted by Crippen LogP contribution is 2.31. The van der Waals surface area contributed by atoms with Crippen molar-refractivity contribution in [2.45, 2.75) is 66.2 Å². The Balaban J connectivity index is 4.64. The molecule has 0 rings (SSSR count). The summed E-state index contributed by atoms with van der Waals surface area (Å²) in [5.41, 5.74) is 0.0340. The van der Waals surface area contributed by atoms with Gasteiger partial charge in [-0.05, 0) is 31.6 Å². The van der Waals surface area contributed by atoms with Crippen LogP contribution in [-0.2, 0) is 9.84 Å². The van der Waals surface area contributed by atoms with Crippen LogP contribution in [0.4, 0.5) is 0 Å². The molecule has 0 aliphatic carbocycles. The van der Waals surface area contributed by atoms with Crippen LogP contribution in [0.15, 0.2) is 0 Å². The maximum atomic E-state index is 11.9. The van der Waals surface area contributed by atoms with Gasteiger partial charge in [0.15, 0.2) is 9.84 Å². The summed E-state index contributed by atoms with van der Waals surface area (Å²) in [5, 5.41) is 3.17. The predicted molar refractivity (Wildman–Crippen MR) is 79.6 cm³/mol. The Bertz CT molecular complexity index is 334. The second-order valence-electron chi connectivity index (χ2n) is 6.51. The van der Waals surface area contributed by atoms with Gasteiger partial charge >= 0.3 is 0 Å². The zero-order valence-corrected chi connectivity index (χ0v) is 13.9. The monoisotopic (exact) mass is 277 g/mol. The SMILES string of the molecule is CC(C)NCC(C)(CCS(=O)(=O)C(C)C)C(C)C. The summed E-state index contributed by atoms with van der Waals surface area (Å²) in [7, 11) is -2.93. The van der Waals surface area contributed by atoms with Crippen molar-refractivity contribution in [1.29, 1.82) is 0 Å². The van der Waals surface area contributed by atoms with Gasteiger partial charge in [0.25, 0.3) is 0 Å². The number of hydrogen-bond donors (Lipinski definition) is 1. The number of hydrogen-bond acceptors (Lipinski definition) is 3. The topological polar surface area (TPSA) is 46.2 Å². The standard InChI is InChI=1S/C14H31NO2S/c1-11(2)14(7,10-15-12(3)4)8-9-18(16,17)13(5)6/h11-13,15H,8-10H2,1-7H3. The van der Waals surface area contributed by atoms with Crippen molar-refractivity contribution in [3.8, 4) is 0 Å². The van der Waals surface area contributed by atoms with Crippen LogP contribution in [0, 0.1) is 11.3 Å². The lowest BCUT2D eigenvalue weighted by molar-refractivity contribution is 0.196. The van der Waals surface area contributed by atoms with Crippen molar-refractivity contribution < 1.29 is 8.42 Å². The van der Waals surface area contributed by atoms with Gasteiger partial charge in [0, 0.05) is 12.6 Å². The van der Waals surface area contributed by atoms with Crippen molar-refractivity contribution in [2.24, 2.45) is 11.3 Å². The number of nitrogens with one attached hydrogen (secondary N) is 1. The van der Waals surface area contributed by atoms with Gasteiger partial charge in [-0.3, -0.25) is 0 Å². The smallest absolute Gasteiger partial charge is 0.152 e. The van der Waals surface area contributed by atoms with Gasteiger partial charge in [0.1, 0.15) is 0 Å². The Kier molecular flexibility index (Phi) is 6.86. The predicted octanol–water partition coefficient (Wildman–Crippen LogP) is 2.86. The molecule has 1 unspecified atom stereocenters.